The lowest BCUT2D eigenvalue weighted by molar-refractivity contribution is -0.141. The van der Waals surface area contributed by atoms with Gasteiger partial charge in [-0.25, -0.2) is 0 Å². The highest BCUT2D eigenvalue weighted by Crippen LogP contribution is 2.48. The molecule has 3 saturated heterocycles. The molecule has 4 aliphatic rings. The molecule has 2 bridgehead atoms. The Balaban J connectivity index is 1.38. The lowest BCUT2D eigenvalue weighted by Crippen LogP contribution is -2.54. The number of fused-ring (bicyclic) bond motifs is 3. The molecule has 1 saturated carbocycles. The summed E-state index contributed by atoms with van der Waals surface area (Å²) in [6.07, 6.45) is -0.0639. The van der Waals surface area contributed by atoms with Crippen molar-refractivity contribution in [1.82, 2.24) is 9.80 Å². The number of likely N-dealkylation sites (tertiary alicyclic amines) is 1. The van der Waals surface area contributed by atoms with Crippen LogP contribution in [0.2, 0.25) is 0 Å². The first-order valence-corrected chi connectivity index (χ1v) is 9.58. The van der Waals surface area contributed by atoms with E-state index in [9.17, 15) is 23.2 Å². The molecule has 1 aliphatic carbocycles. The minimum Gasteiger partial charge on any atom is -0.322 e. The lowest BCUT2D eigenvalue weighted by atomic mass is 9.84. The maximum Gasteiger partial charge on any atom is 0.390 e. The molecule has 0 spiro atoms. The normalized spacial score (nSPS) is 40.2. The van der Waals surface area contributed by atoms with Gasteiger partial charge in [-0.1, -0.05) is 0 Å². The van der Waals surface area contributed by atoms with Gasteiger partial charge in [0.1, 0.15) is 6.04 Å². The zero-order chi connectivity index (χ0) is 18.6. The predicted octanol–water partition coefficient (Wildman–Crippen LogP) is 2.02. The van der Waals surface area contributed by atoms with Crippen molar-refractivity contribution in [2.24, 2.45) is 17.6 Å². The van der Waals surface area contributed by atoms with E-state index in [1.165, 1.54) is 0 Å². The van der Waals surface area contributed by atoms with E-state index in [4.69, 9.17) is 5.73 Å². The number of nitrogens with zero attached hydrogens (tertiary/aromatic N) is 3. The number of nitriles is 1. The highest BCUT2D eigenvalue weighted by Gasteiger charge is 2.55. The Morgan fingerprint density at radius 1 is 1.19 bits per heavy atom. The molecule has 3 aliphatic heterocycles. The number of carbonyl (C=O) groups excluding carboxylic acids is 1. The third kappa shape index (κ3) is 3.20. The van der Waals surface area contributed by atoms with Gasteiger partial charge in [-0.2, -0.15) is 18.4 Å². The van der Waals surface area contributed by atoms with Crippen molar-refractivity contribution in [3.63, 3.8) is 0 Å². The van der Waals surface area contributed by atoms with Crippen LogP contribution in [-0.4, -0.2) is 58.6 Å². The van der Waals surface area contributed by atoms with Crippen LogP contribution in [0.4, 0.5) is 13.2 Å². The number of rotatable bonds is 4. The van der Waals surface area contributed by atoms with Crippen LogP contribution in [0.15, 0.2) is 0 Å². The van der Waals surface area contributed by atoms with Crippen molar-refractivity contribution in [3.8, 4) is 6.07 Å². The van der Waals surface area contributed by atoms with Crippen LogP contribution < -0.4 is 5.73 Å². The molecule has 5 unspecified atom stereocenters. The first-order chi connectivity index (χ1) is 12.3. The molecule has 0 aromatic carbocycles. The van der Waals surface area contributed by atoms with Crippen LogP contribution in [0.3, 0.4) is 0 Å². The Hall–Kier alpha value is -1.33. The van der Waals surface area contributed by atoms with Gasteiger partial charge in [0, 0.05) is 24.7 Å². The van der Waals surface area contributed by atoms with Crippen LogP contribution in [-0.2, 0) is 4.79 Å². The monoisotopic (exact) mass is 370 g/mol. The van der Waals surface area contributed by atoms with Crippen LogP contribution in [0.25, 0.3) is 0 Å². The molecule has 5 nitrogen and oxygen atoms in total. The Morgan fingerprint density at radius 2 is 1.85 bits per heavy atom. The molecule has 4 fully saturated rings. The third-order valence-corrected chi connectivity index (χ3v) is 6.88. The molecule has 0 radical (unpaired) electrons. The Kier molecular flexibility index (Phi) is 4.43. The Bertz CT molecular complexity index is 605. The summed E-state index contributed by atoms with van der Waals surface area (Å²) in [6, 6.07) is 1.59. The highest BCUT2D eigenvalue weighted by molar-refractivity contribution is 5.84. The topological polar surface area (TPSA) is 73.4 Å². The fraction of sp³-hybridized carbons (Fsp3) is 0.889. The van der Waals surface area contributed by atoms with E-state index in [0.29, 0.717) is 18.8 Å². The van der Waals surface area contributed by atoms with E-state index in [0.717, 1.165) is 25.7 Å². The summed E-state index contributed by atoms with van der Waals surface area (Å²) in [5, 5.41) is 9.29. The van der Waals surface area contributed by atoms with Crippen LogP contribution >= 0.6 is 0 Å². The zero-order valence-corrected chi connectivity index (χ0v) is 14.7. The van der Waals surface area contributed by atoms with Crippen molar-refractivity contribution in [2.75, 3.05) is 6.54 Å². The fourth-order valence-electron chi connectivity index (χ4n) is 5.49. The van der Waals surface area contributed by atoms with E-state index in [2.05, 4.69) is 6.07 Å². The van der Waals surface area contributed by atoms with E-state index in [-0.39, 0.29) is 42.5 Å². The maximum atomic E-state index is 12.9. The molecule has 8 heteroatoms. The van der Waals surface area contributed by atoms with Gasteiger partial charge in [0.25, 0.3) is 0 Å². The van der Waals surface area contributed by atoms with Crippen molar-refractivity contribution in [2.45, 2.75) is 81.3 Å². The van der Waals surface area contributed by atoms with Gasteiger partial charge in [-0.3, -0.25) is 9.69 Å². The predicted molar refractivity (Wildman–Crippen MR) is 87.6 cm³/mol. The number of piperidine rings is 2. The van der Waals surface area contributed by atoms with E-state index in [1.54, 1.807) is 4.90 Å². The Labute approximate surface area is 151 Å². The summed E-state index contributed by atoms with van der Waals surface area (Å²) in [4.78, 5) is 16.6. The van der Waals surface area contributed by atoms with Crippen LogP contribution in [0.5, 0.6) is 0 Å². The van der Waals surface area contributed by atoms with Gasteiger partial charge >= 0.3 is 6.18 Å². The molecule has 2 N–H and O–H groups in total. The van der Waals surface area contributed by atoms with Gasteiger partial charge in [0.05, 0.1) is 18.5 Å². The van der Waals surface area contributed by atoms with Crippen molar-refractivity contribution < 1.29 is 18.0 Å². The number of alkyl halides is 3. The number of halogens is 3. The van der Waals surface area contributed by atoms with Gasteiger partial charge < -0.3 is 10.6 Å². The first-order valence-electron chi connectivity index (χ1n) is 9.58. The molecule has 0 aromatic rings. The Morgan fingerprint density at radius 3 is 2.42 bits per heavy atom. The molecule has 26 heavy (non-hydrogen) atoms. The average Bonchev–Trinajstić information content (AvgIpc) is 3.19. The molecule has 0 aromatic heterocycles. The average molecular weight is 370 g/mol. The molecule has 7 atom stereocenters. The summed E-state index contributed by atoms with van der Waals surface area (Å²) in [5.41, 5.74) is 6.31. The second-order valence-corrected chi connectivity index (χ2v) is 8.43. The smallest absolute Gasteiger partial charge is 0.322 e. The summed E-state index contributed by atoms with van der Waals surface area (Å²) in [5.74, 6) is 0.324. The molecule has 3 heterocycles. The van der Waals surface area contributed by atoms with Crippen molar-refractivity contribution >= 4 is 5.91 Å². The summed E-state index contributed by atoms with van der Waals surface area (Å²) in [7, 11) is 0. The first kappa shape index (κ1) is 18.1. The van der Waals surface area contributed by atoms with E-state index in [1.807, 2.05) is 4.90 Å². The second-order valence-electron chi connectivity index (χ2n) is 8.43. The summed E-state index contributed by atoms with van der Waals surface area (Å²) >= 11 is 0. The molecular weight excluding hydrogens is 345 g/mol. The van der Waals surface area contributed by atoms with Gasteiger partial charge in [0.15, 0.2) is 0 Å². The standard InChI is InChI=1S/C18H25F3N4O/c19-18(20,21)3-4-24-12-1-2-13(24)7-11(6-12)16(23)17(26)25-14(9-22)5-10-8-15(10)25/h10-16H,1-8,23H2/t10?,11?,12-,13?,14?,15?,16-/m0/s1. The van der Waals surface area contributed by atoms with Crippen LogP contribution in [0.1, 0.15) is 44.9 Å². The fourth-order valence-corrected chi connectivity index (χ4v) is 5.49. The van der Waals surface area contributed by atoms with E-state index >= 15 is 0 Å². The van der Waals surface area contributed by atoms with Gasteiger partial charge in [-0.05, 0) is 50.4 Å². The minimum atomic E-state index is -4.13. The summed E-state index contributed by atoms with van der Waals surface area (Å²) < 4.78 is 37.7. The second kappa shape index (κ2) is 6.38. The SMILES string of the molecule is N#CC1CC2CC2N1C(=O)[C@@H](N)C1CC2CC[C@@H](C1)N2CCC(F)(F)F. The molecule has 144 valence electrons. The van der Waals surface area contributed by atoms with Gasteiger partial charge in [0.2, 0.25) is 5.91 Å². The molecule has 4 rings (SSSR count). The minimum absolute atomic E-state index is 0.000667. The number of hydrogen-bond acceptors (Lipinski definition) is 4. The van der Waals surface area contributed by atoms with Crippen molar-refractivity contribution in [1.29, 1.82) is 5.26 Å². The lowest BCUT2D eigenvalue weighted by Gasteiger charge is -2.41. The van der Waals surface area contributed by atoms with E-state index < -0.39 is 18.6 Å². The third-order valence-electron chi connectivity index (χ3n) is 6.88. The number of carbonyl (C=O) groups is 1. The maximum absolute atomic E-state index is 12.9. The number of hydrogen-bond donors (Lipinski definition) is 1. The van der Waals surface area contributed by atoms with Crippen LogP contribution in [0, 0.1) is 23.2 Å². The largest absolute Gasteiger partial charge is 0.390 e. The zero-order valence-electron chi connectivity index (χ0n) is 14.7. The number of amides is 1. The highest BCUT2D eigenvalue weighted by atomic mass is 19.4. The number of nitrogens with two attached hydrogens (primary N) is 1. The quantitative estimate of drug-likeness (QED) is 0.822. The molecule has 1 amide bonds. The van der Waals surface area contributed by atoms with Crippen molar-refractivity contribution in [3.05, 3.63) is 0 Å². The molecular formula is C18H25F3N4O. The summed E-state index contributed by atoms with van der Waals surface area (Å²) in [6.45, 7) is 0.0428. The van der Waals surface area contributed by atoms with Gasteiger partial charge in [-0.15, -0.1) is 0 Å².